The van der Waals surface area contributed by atoms with Gasteiger partial charge in [0.25, 0.3) is 0 Å². The summed E-state index contributed by atoms with van der Waals surface area (Å²) in [6, 6.07) is 0.336. The van der Waals surface area contributed by atoms with E-state index in [4.69, 9.17) is 4.74 Å². The van der Waals surface area contributed by atoms with E-state index >= 15 is 0 Å². The highest BCUT2D eigenvalue weighted by atomic mass is 16.5. The van der Waals surface area contributed by atoms with E-state index in [1.54, 1.807) is 0 Å². The third-order valence-corrected chi connectivity index (χ3v) is 4.97. The first-order valence-corrected chi connectivity index (χ1v) is 7.95. The zero-order valence-electron chi connectivity index (χ0n) is 12.3. The molecule has 0 spiro atoms. The Morgan fingerprint density at radius 2 is 2.19 bits per heavy atom. The van der Waals surface area contributed by atoms with Crippen molar-refractivity contribution < 1.29 is 19.4 Å². The summed E-state index contributed by atoms with van der Waals surface area (Å²) >= 11 is 0. The molecular weight excluding hydrogens is 272 g/mol. The minimum Gasteiger partial charge on any atom is -0.386 e. The first-order valence-electron chi connectivity index (χ1n) is 7.95. The largest absolute Gasteiger partial charge is 0.386 e. The van der Waals surface area contributed by atoms with Gasteiger partial charge in [0.1, 0.15) is 5.60 Å². The zero-order chi connectivity index (χ0) is 14.9. The molecule has 3 fully saturated rings. The number of hydrogen-bond donors (Lipinski definition) is 2. The number of hydrogen-bond acceptors (Lipinski definition) is 4. The number of ether oxygens (including phenoxy) is 1. The summed E-state index contributed by atoms with van der Waals surface area (Å²) < 4.78 is 5.16. The number of likely N-dealkylation sites (tertiary alicyclic amines) is 1. The van der Waals surface area contributed by atoms with Crippen LogP contribution in [0.3, 0.4) is 0 Å². The summed E-state index contributed by atoms with van der Waals surface area (Å²) in [5, 5.41) is 12.9. The molecule has 2 saturated heterocycles. The Morgan fingerprint density at radius 3 is 2.86 bits per heavy atom. The Morgan fingerprint density at radius 1 is 1.43 bits per heavy atom. The summed E-state index contributed by atoms with van der Waals surface area (Å²) in [7, 11) is 0. The van der Waals surface area contributed by atoms with Crippen LogP contribution in [0.2, 0.25) is 0 Å². The number of nitrogens with one attached hydrogen (secondary N) is 1. The lowest BCUT2D eigenvalue weighted by Crippen LogP contribution is -2.45. The molecule has 3 aliphatic rings. The molecule has 118 valence electrons. The molecule has 2 atom stereocenters. The van der Waals surface area contributed by atoms with Crippen molar-refractivity contribution in [3.05, 3.63) is 0 Å². The minimum absolute atomic E-state index is 0.102. The van der Waals surface area contributed by atoms with Gasteiger partial charge in [0.05, 0.1) is 12.5 Å². The highest BCUT2D eigenvalue weighted by Gasteiger charge is 2.39. The summed E-state index contributed by atoms with van der Waals surface area (Å²) in [6.45, 7) is 1.54. The summed E-state index contributed by atoms with van der Waals surface area (Å²) in [6.07, 6.45) is 5.34. The van der Waals surface area contributed by atoms with Crippen LogP contribution >= 0.6 is 0 Å². The second-order valence-electron chi connectivity index (χ2n) is 6.63. The third-order valence-electron chi connectivity index (χ3n) is 4.97. The second kappa shape index (κ2) is 5.93. The lowest BCUT2D eigenvalue weighted by Gasteiger charge is -2.24. The maximum atomic E-state index is 12.2. The first-order chi connectivity index (χ1) is 10.1. The van der Waals surface area contributed by atoms with Gasteiger partial charge in [-0.3, -0.25) is 9.59 Å². The predicted molar refractivity (Wildman–Crippen MR) is 75.5 cm³/mol. The molecule has 2 unspecified atom stereocenters. The van der Waals surface area contributed by atoms with E-state index in [9.17, 15) is 14.7 Å². The molecule has 2 N–H and O–H groups in total. The fourth-order valence-electron chi connectivity index (χ4n) is 3.61. The van der Waals surface area contributed by atoms with E-state index in [1.807, 2.05) is 4.90 Å². The number of carbonyl (C=O) groups excluding carboxylic acids is 2. The molecule has 21 heavy (non-hydrogen) atoms. The van der Waals surface area contributed by atoms with Crippen molar-refractivity contribution in [1.29, 1.82) is 0 Å². The fraction of sp³-hybridized carbons (Fsp3) is 0.867. The van der Waals surface area contributed by atoms with Gasteiger partial charge in [0.15, 0.2) is 0 Å². The second-order valence-corrected chi connectivity index (χ2v) is 6.63. The topological polar surface area (TPSA) is 78.9 Å². The zero-order valence-corrected chi connectivity index (χ0v) is 12.3. The van der Waals surface area contributed by atoms with E-state index in [0.29, 0.717) is 32.0 Å². The fourth-order valence-corrected chi connectivity index (χ4v) is 3.61. The highest BCUT2D eigenvalue weighted by molar-refractivity contribution is 5.89. The van der Waals surface area contributed by atoms with Gasteiger partial charge < -0.3 is 20.1 Å². The Bertz CT molecular complexity index is 414. The molecule has 0 bridgehead atoms. The van der Waals surface area contributed by atoms with Gasteiger partial charge in [0.2, 0.25) is 11.8 Å². The quantitative estimate of drug-likeness (QED) is 0.768. The molecule has 6 heteroatoms. The minimum atomic E-state index is -0.941. The Balaban J connectivity index is 1.50. The van der Waals surface area contributed by atoms with Gasteiger partial charge in [-0.2, -0.15) is 0 Å². The van der Waals surface area contributed by atoms with Gasteiger partial charge in [0, 0.05) is 38.6 Å². The van der Waals surface area contributed by atoms with Gasteiger partial charge in [-0.25, -0.2) is 0 Å². The lowest BCUT2D eigenvalue weighted by atomic mass is 10.0. The predicted octanol–water partition coefficient (Wildman–Crippen LogP) is 0.0451. The molecule has 2 heterocycles. The standard InChI is InChI=1S/C15H24N2O4/c18-13-7-11(8-17(13)12-3-1-2-4-12)14(19)16-9-15(20)5-6-21-10-15/h11-12,20H,1-10H2,(H,16,19). The van der Waals surface area contributed by atoms with Crippen LogP contribution in [0.15, 0.2) is 0 Å². The molecule has 0 radical (unpaired) electrons. The summed E-state index contributed by atoms with van der Waals surface area (Å²) in [5.74, 6) is -0.293. The van der Waals surface area contributed by atoms with Gasteiger partial charge in [-0.15, -0.1) is 0 Å². The maximum absolute atomic E-state index is 12.2. The highest BCUT2D eigenvalue weighted by Crippen LogP contribution is 2.29. The normalized spacial score (nSPS) is 33.9. The van der Waals surface area contributed by atoms with Crippen molar-refractivity contribution in [2.45, 2.75) is 50.2 Å². The van der Waals surface area contributed by atoms with Crippen LogP contribution < -0.4 is 5.32 Å². The SMILES string of the molecule is O=C(NCC1(O)CCOC1)C1CC(=O)N(C2CCCC2)C1. The van der Waals surface area contributed by atoms with E-state index in [-0.39, 0.29) is 30.9 Å². The summed E-state index contributed by atoms with van der Waals surface area (Å²) in [5.41, 5.74) is -0.941. The van der Waals surface area contributed by atoms with Crippen molar-refractivity contribution >= 4 is 11.8 Å². The molecule has 2 amide bonds. The van der Waals surface area contributed by atoms with Crippen molar-refractivity contribution in [3.8, 4) is 0 Å². The molecular formula is C15H24N2O4. The number of nitrogens with zero attached hydrogens (tertiary/aromatic N) is 1. The van der Waals surface area contributed by atoms with Crippen molar-refractivity contribution in [1.82, 2.24) is 10.2 Å². The van der Waals surface area contributed by atoms with Gasteiger partial charge >= 0.3 is 0 Å². The van der Waals surface area contributed by atoms with E-state index in [0.717, 1.165) is 12.8 Å². The molecule has 2 aliphatic heterocycles. The van der Waals surface area contributed by atoms with E-state index in [1.165, 1.54) is 12.8 Å². The Labute approximate surface area is 124 Å². The van der Waals surface area contributed by atoms with Crippen molar-refractivity contribution in [2.75, 3.05) is 26.3 Å². The monoisotopic (exact) mass is 296 g/mol. The van der Waals surface area contributed by atoms with Crippen LogP contribution in [-0.2, 0) is 14.3 Å². The van der Waals surface area contributed by atoms with Crippen LogP contribution in [0.5, 0.6) is 0 Å². The maximum Gasteiger partial charge on any atom is 0.225 e. The van der Waals surface area contributed by atoms with Gasteiger partial charge in [-0.05, 0) is 12.8 Å². The molecule has 0 aromatic carbocycles. The van der Waals surface area contributed by atoms with Crippen LogP contribution in [0.1, 0.15) is 38.5 Å². The number of aliphatic hydroxyl groups is 1. The van der Waals surface area contributed by atoms with E-state index in [2.05, 4.69) is 5.32 Å². The number of rotatable bonds is 4. The number of carbonyl (C=O) groups is 2. The van der Waals surface area contributed by atoms with Crippen molar-refractivity contribution in [2.24, 2.45) is 5.92 Å². The Hall–Kier alpha value is -1.14. The molecule has 0 aromatic heterocycles. The summed E-state index contributed by atoms with van der Waals surface area (Å²) in [4.78, 5) is 26.2. The van der Waals surface area contributed by atoms with Crippen LogP contribution in [-0.4, -0.2) is 59.8 Å². The van der Waals surface area contributed by atoms with Crippen LogP contribution in [0.4, 0.5) is 0 Å². The number of amides is 2. The molecule has 6 nitrogen and oxygen atoms in total. The molecule has 0 aromatic rings. The van der Waals surface area contributed by atoms with E-state index < -0.39 is 5.60 Å². The van der Waals surface area contributed by atoms with Gasteiger partial charge in [-0.1, -0.05) is 12.8 Å². The first kappa shape index (κ1) is 14.8. The van der Waals surface area contributed by atoms with Crippen LogP contribution in [0.25, 0.3) is 0 Å². The molecule has 1 saturated carbocycles. The smallest absolute Gasteiger partial charge is 0.225 e. The lowest BCUT2D eigenvalue weighted by molar-refractivity contribution is -0.130. The Kier molecular flexibility index (Phi) is 4.17. The van der Waals surface area contributed by atoms with Crippen LogP contribution in [0, 0.1) is 5.92 Å². The average molecular weight is 296 g/mol. The average Bonchev–Trinajstić information content (AvgIpc) is 3.17. The molecule has 1 aliphatic carbocycles. The van der Waals surface area contributed by atoms with Crippen molar-refractivity contribution in [3.63, 3.8) is 0 Å². The molecule has 3 rings (SSSR count). The third kappa shape index (κ3) is 3.21.